The fraction of sp³-hybridized carbons (Fsp3) is 0.786. The Kier molecular flexibility index (Phi) is 4.37. The zero-order valence-corrected chi connectivity index (χ0v) is 12.8. The van der Waals surface area contributed by atoms with E-state index < -0.39 is 0 Å². The van der Waals surface area contributed by atoms with Crippen LogP contribution in [0.25, 0.3) is 0 Å². The molecule has 0 amide bonds. The van der Waals surface area contributed by atoms with Crippen molar-refractivity contribution in [2.24, 2.45) is 11.1 Å². The maximum absolute atomic E-state index is 6.18. The third-order valence-corrected chi connectivity index (χ3v) is 3.50. The van der Waals surface area contributed by atoms with Crippen LogP contribution in [-0.4, -0.2) is 11.0 Å². The van der Waals surface area contributed by atoms with E-state index in [1.165, 1.54) is 10.7 Å². The van der Waals surface area contributed by atoms with Gasteiger partial charge in [-0.05, 0) is 11.8 Å². The third-order valence-electron chi connectivity index (χ3n) is 2.63. The van der Waals surface area contributed by atoms with Crippen LogP contribution >= 0.6 is 11.3 Å². The van der Waals surface area contributed by atoms with Crippen LogP contribution in [0.15, 0.2) is 5.38 Å². The summed E-state index contributed by atoms with van der Waals surface area (Å²) in [4.78, 5) is 4.69. The second-order valence-corrected chi connectivity index (χ2v) is 8.05. The molecule has 3 heteroatoms. The van der Waals surface area contributed by atoms with Crippen LogP contribution in [0.3, 0.4) is 0 Å². The highest BCUT2D eigenvalue weighted by atomic mass is 32.1. The van der Waals surface area contributed by atoms with Gasteiger partial charge in [-0.1, -0.05) is 41.5 Å². The Labute approximate surface area is 110 Å². The van der Waals surface area contributed by atoms with E-state index >= 15 is 0 Å². The minimum atomic E-state index is 0.142. The van der Waals surface area contributed by atoms with E-state index in [1.54, 1.807) is 11.3 Å². The molecule has 0 saturated carbocycles. The molecule has 1 rings (SSSR count). The topological polar surface area (TPSA) is 38.9 Å². The number of hydrogen-bond acceptors (Lipinski definition) is 3. The van der Waals surface area contributed by atoms with E-state index in [0.29, 0.717) is 5.41 Å². The number of aromatic nitrogens is 1. The average molecular weight is 254 g/mol. The molecule has 98 valence electrons. The molecule has 17 heavy (non-hydrogen) atoms. The quantitative estimate of drug-likeness (QED) is 0.892. The predicted molar refractivity (Wildman–Crippen MR) is 76.6 cm³/mol. The van der Waals surface area contributed by atoms with E-state index in [0.717, 1.165) is 12.8 Å². The number of nitrogens with zero attached hydrogens (tertiary/aromatic N) is 1. The minimum absolute atomic E-state index is 0.142. The van der Waals surface area contributed by atoms with Crippen molar-refractivity contribution in [3.05, 3.63) is 16.1 Å². The lowest BCUT2D eigenvalue weighted by molar-refractivity contribution is 0.338. The first-order chi connectivity index (χ1) is 7.58. The normalized spacial score (nSPS) is 15.0. The van der Waals surface area contributed by atoms with Crippen molar-refractivity contribution in [1.82, 2.24) is 4.98 Å². The molecule has 0 aromatic carbocycles. The van der Waals surface area contributed by atoms with Crippen molar-refractivity contribution in [3.63, 3.8) is 0 Å². The Morgan fingerprint density at radius 1 is 1.24 bits per heavy atom. The van der Waals surface area contributed by atoms with Crippen molar-refractivity contribution < 1.29 is 0 Å². The third kappa shape index (κ3) is 5.17. The first kappa shape index (κ1) is 14.7. The standard InChI is InChI=1S/C14H26N2S/c1-13(2,3)8-10(15)7-12-16-11(9-17-12)14(4,5)6/h9-10H,7-8,15H2,1-6H3. The lowest BCUT2D eigenvalue weighted by Gasteiger charge is -2.22. The summed E-state index contributed by atoms with van der Waals surface area (Å²) in [6, 6.07) is 0.217. The van der Waals surface area contributed by atoms with Gasteiger partial charge in [-0.2, -0.15) is 0 Å². The number of hydrogen-bond donors (Lipinski definition) is 1. The Morgan fingerprint density at radius 3 is 2.24 bits per heavy atom. The number of rotatable bonds is 3. The van der Waals surface area contributed by atoms with Gasteiger partial charge in [0.2, 0.25) is 0 Å². The van der Waals surface area contributed by atoms with Crippen LogP contribution in [0.5, 0.6) is 0 Å². The summed E-state index contributed by atoms with van der Waals surface area (Å²) >= 11 is 1.74. The number of thiazole rings is 1. The zero-order chi connectivity index (χ0) is 13.3. The molecule has 0 bridgehead atoms. The first-order valence-corrected chi connectivity index (χ1v) is 7.16. The summed E-state index contributed by atoms with van der Waals surface area (Å²) in [6.45, 7) is 13.3. The molecular weight excluding hydrogens is 228 g/mol. The Morgan fingerprint density at radius 2 is 1.82 bits per heavy atom. The molecule has 2 N–H and O–H groups in total. The summed E-state index contributed by atoms with van der Waals surface area (Å²) in [5.74, 6) is 0. The van der Waals surface area contributed by atoms with Gasteiger partial charge in [0.05, 0.1) is 10.7 Å². The molecule has 1 heterocycles. The van der Waals surface area contributed by atoms with Crippen LogP contribution < -0.4 is 5.73 Å². The van der Waals surface area contributed by atoms with Gasteiger partial charge >= 0.3 is 0 Å². The molecule has 1 unspecified atom stereocenters. The molecule has 0 radical (unpaired) electrons. The average Bonchev–Trinajstić information content (AvgIpc) is 2.47. The SMILES string of the molecule is CC(C)(C)CC(N)Cc1nc(C(C)(C)C)cs1. The van der Waals surface area contributed by atoms with Crippen LogP contribution in [-0.2, 0) is 11.8 Å². The summed E-state index contributed by atoms with van der Waals surface area (Å²) in [5, 5.41) is 3.34. The summed E-state index contributed by atoms with van der Waals surface area (Å²) < 4.78 is 0. The van der Waals surface area contributed by atoms with Crippen molar-refractivity contribution in [2.45, 2.75) is 65.8 Å². The fourth-order valence-electron chi connectivity index (χ4n) is 1.83. The lowest BCUT2D eigenvalue weighted by Crippen LogP contribution is -2.28. The highest BCUT2D eigenvalue weighted by molar-refractivity contribution is 7.09. The molecule has 1 aromatic heterocycles. The van der Waals surface area contributed by atoms with Crippen LogP contribution in [0.2, 0.25) is 0 Å². The maximum atomic E-state index is 6.18. The Bertz CT molecular complexity index is 355. The molecule has 0 aliphatic heterocycles. The van der Waals surface area contributed by atoms with Crippen molar-refractivity contribution in [1.29, 1.82) is 0 Å². The van der Waals surface area contributed by atoms with Gasteiger partial charge in [0.15, 0.2) is 0 Å². The van der Waals surface area contributed by atoms with E-state index in [4.69, 9.17) is 10.7 Å². The summed E-state index contributed by atoms with van der Waals surface area (Å²) in [7, 11) is 0. The van der Waals surface area contributed by atoms with E-state index in [-0.39, 0.29) is 11.5 Å². The second-order valence-electron chi connectivity index (χ2n) is 7.11. The van der Waals surface area contributed by atoms with E-state index in [1.807, 2.05) is 0 Å². The molecule has 0 spiro atoms. The van der Waals surface area contributed by atoms with Crippen LogP contribution in [0.1, 0.15) is 58.7 Å². The molecule has 1 atom stereocenters. The van der Waals surface area contributed by atoms with E-state index in [9.17, 15) is 0 Å². The monoisotopic (exact) mass is 254 g/mol. The van der Waals surface area contributed by atoms with Crippen molar-refractivity contribution in [3.8, 4) is 0 Å². The molecule has 0 aliphatic rings. The minimum Gasteiger partial charge on any atom is -0.327 e. The summed E-state index contributed by atoms with van der Waals surface area (Å²) in [6.07, 6.45) is 1.94. The smallest absolute Gasteiger partial charge is 0.0943 e. The van der Waals surface area contributed by atoms with Gasteiger partial charge in [-0.3, -0.25) is 0 Å². The van der Waals surface area contributed by atoms with Crippen LogP contribution in [0.4, 0.5) is 0 Å². The van der Waals surface area contributed by atoms with Gasteiger partial charge in [-0.25, -0.2) is 4.98 Å². The molecule has 0 fully saturated rings. The maximum Gasteiger partial charge on any atom is 0.0943 e. The predicted octanol–water partition coefficient (Wildman–Crippen LogP) is 3.75. The molecular formula is C14H26N2S. The molecule has 1 aromatic rings. The molecule has 2 nitrogen and oxygen atoms in total. The van der Waals surface area contributed by atoms with Gasteiger partial charge in [0, 0.05) is 23.3 Å². The number of nitrogens with two attached hydrogens (primary N) is 1. The first-order valence-electron chi connectivity index (χ1n) is 6.28. The summed E-state index contributed by atoms with van der Waals surface area (Å²) in [5.41, 5.74) is 7.79. The van der Waals surface area contributed by atoms with Gasteiger partial charge < -0.3 is 5.73 Å². The Balaban J connectivity index is 2.61. The van der Waals surface area contributed by atoms with Gasteiger partial charge in [0.25, 0.3) is 0 Å². The van der Waals surface area contributed by atoms with Crippen molar-refractivity contribution >= 4 is 11.3 Å². The van der Waals surface area contributed by atoms with E-state index in [2.05, 4.69) is 46.9 Å². The molecule has 0 aliphatic carbocycles. The van der Waals surface area contributed by atoms with Crippen LogP contribution in [0, 0.1) is 5.41 Å². The van der Waals surface area contributed by atoms with Gasteiger partial charge in [-0.15, -0.1) is 11.3 Å². The largest absolute Gasteiger partial charge is 0.327 e. The van der Waals surface area contributed by atoms with Gasteiger partial charge in [0.1, 0.15) is 0 Å². The van der Waals surface area contributed by atoms with Crippen molar-refractivity contribution in [2.75, 3.05) is 0 Å². The highest BCUT2D eigenvalue weighted by Gasteiger charge is 2.20. The zero-order valence-electron chi connectivity index (χ0n) is 12.0. The second kappa shape index (κ2) is 5.07. The lowest BCUT2D eigenvalue weighted by atomic mass is 9.87. The fourth-order valence-corrected chi connectivity index (χ4v) is 2.95. The Hall–Kier alpha value is -0.410. The molecule has 0 saturated heterocycles. The highest BCUT2D eigenvalue weighted by Crippen LogP contribution is 2.26.